The molecule has 1 aromatic carbocycles. The third-order valence-corrected chi connectivity index (χ3v) is 5.17. The van der Waals surface area contributed by atoms with Gasteiger partial charge in [0.15, 0.2) is 5.76 Å². The van der Waals surface area contributed by atoms with Gasteiger partial charge in [-0.2, -0.15) is 0 Å². The number of phosphoric ester groups is 1. The Kier molecular flexibility index (Phi) is 6.81. The van der Waals surface area contributed by atoms with Gasteiger partial charge in [0.25, 0.3) is 5.82 Å². The molecule has 0 bridgehead atoms. The van der Waals surface area contributed by atoms with Crippen molar-refractivity contribution < 1.29 is 32.7 Å². The molecule has 3 aromatic heterocycles. The highest BCUT2D eigenvalue weighted by molar-refractivity contribution is 7.46. The second-order valence-corrected chi connectivity index (χ2v) is 8.40. The molecule has 33 heavy (non-hydrogen) atoms. The summed E-state index contributed by atoms with van der Waals surface area (Å²) < 4.78 is 28.1. The molecule has 0 aliphatic rings. The average molecular weight is 469 g/mol. The fraction of sp³-hybridized carbons (Fsp3) is 0.136. The Bertz CT molecular complexity index is 1270. The first-order valence-electron chi connectivity index (χ1n) is 9.93. The van der Waals surface area contributed by atoms with Gasteiger partial charge in [0, 0.05) is 24.8 Å². The number of anilines is 1. The average Bonchev–Trinajstić information content (AvgIpc) is 3.25. The third-order valence-electron chi connectivity index (χ3n) is 4.72. The van der Waals surface area contributed by atoms with Crippen LogP contribution >= 0.6 is 7.82 Å². The van der Waals surface area contributed by atoms with E-state index in [0.717, 1.165) is 11.1 Å². The number of phosphoric acid groups is 1. The number of nitrogen functional groups attached to an aromatic ring is 1. The first-order valence-corrected chi connectivity index (χ1v) is 11.5. The minimum Gasteiger partial charge on any atom is -0.473 e. The van der Waals surface area contributed by atoms with Gasteiger partial charge >= 0.3 is 7.82 Å². The fourth-order valence-corrected chi connectivity index (χ4v) is 3.40. The lowest BCUT2D eigenvalue weighted by atomic mass is 10.1. The third kappa shape index (κ3) is 6.24. The topological polar surface area (TPSA) is 145 Å². The highest BCUT2D eigenvalue weighted by atomic mass is 31.2. The van der Waals surface area contributed by atoms with Crippen LogP contribution in [0.25, 0.3) is 11.3 Å². The van der Waals surface area contributed by atoms with Crippen molar-refractivity contribution >= 4 is 13.6 Å². The molecule has 10 nitrogen and oxygen atoms in total. The molecule has 4 N–H and O–H groups in total. The van der Waals surface area contributed by atoms with Crippen molar-refractivity contribution in [1.82, 2.24) is 10.1 Å². The molecule has 0 atom stereocenters. The normalized spacial score (nSPS) is 11.5. The molecule has 3 heterocycles. The van der Waals surface area contributed by atoms with E-state index in [4.69, 9.17) is 24.8 Å². The van der Waals surface area contributed by atoms with Crippen LogP contribution < -0.4 is 15.0 Å². The Morgan fingerprint density at radius 1 is 1.06 bits per heavy atom. The molecule has 4 rings (SSSR count). The zero-order valence-electron chi connectivity index (χ0n) is 17.4. The molecular formula is C22H22N4O6P+. The van der Waals surface area contributed by atoms with Gasteiger partial charge in [0.05, 0.1) is 11.9 Å². The van der Waals surface area contributed by atoms with Gasteiger partial charge in [-0.15, -0.1) is 0 Å². The maximum atomic E-state index is 11.0. The summed E-state index contributed by atoms with van der Waals surface area (Å²) in [6.07, 6.45) is 3.71. The molecule has 11 heteroatoms. The summed E-state index contributed by atoms with van der Waals surface area (Å²) in [5.41, 5.74) is 9.31. The Balaban J connectivity index is 1.45. The van der Waals surface area contributed by atoms with Crippen LogP contribution in [0.15, 0.2) is 77.6 Å². The molecule has 0 saturated heterocycles. The van der Waals surface area contributed by atoms with Crippen molar-refractivity contribution in [3.63, 3.8) is 0 Å². The number of aromatic nitrogens is 3. The number of benzene rings is 1. The zero-order valence-corrected chi connectivity index (χ0v) is 18.3. The van der Waals surface area contributed by atoms with E-state index in [0.29, 0.717) is 35.9 Å². The van der Waals surface area contributed by atoms with Crippen LogP contribution in [0.3, 0.4) is 0 Å². The van der Waals surface area contributed by atoms with Crippen molar-refractivity contribution in [2.75, 3.05) is 5.73 Å². The largest absolute Gasteiger partial charge is 0.473 e. The summed E-state index contributed by atoms with van der Waals surface area (Å²) in [4.78, 5) is 22.1. The standard InChI is InChI=1S/C22H21N4O6P/c23-22-19(7-4-10-26(22)15-31-33(27,28)29)20-13-18(25-32-20)11-17-8-9-24-21(12-17)30-14-16-5-2-1-3-6-16/h1-10,12-13,23H,11,14-15H2,(H2,27,28,29)/p+1. The number of hydrogen-bond acceptors (Lipinski definition) is 7. The minimum absolute atomic E-state index is 0.217. The summed E-state index contributed by atoms with van der Waals surface area (Å²) in [7, 11) is -4.63. The van der Waals surface area contributed by atoms with Crippen LogP contribution in [-0.2, 0) is 28.8 Å². The minimum atomic E-state index is -4.63. The lowest BCUT2D eigenvalue weighted by Gasteiger charge is -2.07. The Morgan fingerprint density at radius 3 is 2.67 bits per heavy atom. The smallest absolute Gasteiger partial charge is 0.472 e. The Hall–Kier alpha value is -3.56. The van der Waals surface area contributed by atoms with E-state index in [9.17, 15) is 4.57 Å². The summed E-state index contributed by atoms with van der Waals surface area (Å²) >= 11 is 0. The van der Waals surface area contributed by atoms with Gasteiger partial charge in [-0.1, -0.05) is 35.5 Å². The second kappa shape index (κ2) is 9.93. The van der Waals surface area contributed by atoms with E-state index in [1.807, 2.05) is 42.5 Å². The number of nitrogens with zero attached hydrogens (tertiary/aromatic N) is 3. The SMILES string of the molecule is Nc1c(-c2cc(Cc3ccnc(OCc4ccccc4)c3)no2)ccc[n+]1COP(=O)(O)O. The van der Waals surface area contributed by atoms with E-state index in [2.05, 4.69) is 14.7 Å². The maximum absolute atomic E-state index is 11.0. The first kappa shape index (κ1) is 22.6. The Labute approximate surface area is 189 Å². The molecule has 0 fully saturated rings. The van der Waals surface area contributed by atoms with Crippen molar-refractivity contribution in [2.45, 2.75) is 19.8 Å². The number of pyridine rings is 2. The fourth-order valence-electron chi connectivity index (χ4n) is 3.12. The molecule has 4 aromatic rings. The van der Waals surface area contributed by atoms with Gasteiger partial charge in [0.1, 0.15) is 12.2 Å². The van der Waals surface area contributed by atoms with Crippen molar-refractivity contribution in [1.29, 1.82) is 0 Å². The second-order valence-electron chi connectivity index (χ2n) is 7.16. The molecule has 170 valence electrons. The highest BCUT2D eigenvalue weighted by Gasteiger charge is 2.20. The van der Waals surface area contributed by atoms with Crippen LogP contribution in [0.4, 0.5) is 5.82 Å². The molecule has 0 unspecified atom stereocenters. The monoisotopic (exact) mass is 469 g/mol. The molecule has 0 radical (unpaired) electrons. The number of nitrogens with two attached hydrogens (primary N) is 1. The predicted octanol–water partition coefficient (Wildman–Crippen LogP) is 2.84. The van der Waals surface area contributed by atoms with E-state index in [1.54, 1.807) is 30.6 Å². The molecule has 0 amide bonds. The zero-order chi connectivity index (χ0) is 23.3. The highest BCUT2D eigenvalue weighted by Crippen LogP contribution is 2.35. The molecule has 0 spiro atoms. The van der Waals surface area contributed by atoms with Gasteiger partial charge in [0.2, 0.25) is 12.6 Å². The van der Waals surface area contributed by atoms with Gasteiger partial charge < -0.3 is 19.0 Å². The van der Waals surface area contributed by atoms with Gasteiger partial charge in [-0.25, -0.2) is 18.6 Å². The summed E-state index contributed by atoms with van der Waals surface area (Å²) in [5, 5.41) is 4.11. The summed E-state index contributed by atoms with van der Waals surface area (Å²) in [6.45, 7) is 0.0120. The number of rotatable bonds is 9. The van der Waals surface area contributed by atoms with E-state index in [1.165, 1.54) is 4.57 Å². The van der Waals surface area contributed by atoms with Crippen LogP contribution in [0, 0.1) is 0 Å². The van der Waals surface area contributed by atoms with E-state index < -0.39 is 14.6 Å². The Morgan fingerprint density at radius 2 is 1.88 bits per heavy atom. The summed E-state index contributed by atoms with van der Waals surface area (Å²) in [6, 6.07) is 18.7. The van der Waals surface area contributed by atoms with E-state index in [-0.39, 0.29) is 5.82 Å². The van der Waals surface area contributed by atoms with Crippen molar-refractivity contribution in [3.05, 3.63) is 89.9 Å². The summed E-state index contributed by atoms with van der Waals surface area (Å²) in [5.74, 6) is 1.15. The van der Waals surface area contributed by atoms with Crippen LogP contribution in [-0.4, -0.2) is 19.9 Å². The molecule has 0 aliphatic carbocycles. The predicted molar refractivity (Wildman–Crippen MR) is 117 cm³/mol. The van der Waals surface area contributed by atoms with E-state index >= 15 is 0 Å². The quantitative estimate of drug-likeness (QED) is 0.249. The lowest BCUT2D eigenvalue weighted by Crippen LogP contribution is -2.38. The van der Waals surface area contributed by atoms with Gasteiger partial charge in [-0.05, 0) is 29.3 Å². The molecule has 0 saturated carbocycles. The lowest BCUT2D eigenvalue weighted by molar-refractivity contribution is -0.711. The molecular weight excluding hydrogens is 447 g/mol. The maximum Gasteiger partial charge on any atom is 0.472 e. The number of ether oxygens (including phenoxy) is 1. The van der Waals surface area contributed by atoms with Crippen molar-refractivity contribution in [3.8, 4) is 17.2 Å². The number of hydrogen-bond donors (Lipinski definition) is 3. The van der Waals surface area contributed by atoms with Crippen LogP contribution in [0.2, 0.25) is 0 Å². The first-order chi connectivity index (χ1) is 15.9. The molecule has 0 aliphatic heterocycles. The van der Waals surface area contributed by atoms with Crippen LogP contribution in [0.5, 0.6) is 5.88 Å². The van der Waals surface area contributed by atoms with Crippen LogP contribution in [0.1, 0.15) is 16.8 Å². The van der Waals surface area contributed by atoms with Gasteiger partial charge in [-0.3, -0.25) is 5.73 Å². The van der Waals surface area contributed by atoms with Crippen molar-refractivity contribution in [2.24, 2.45) is 0 Å².